The van der Waals surface area contributed by atoms with Gasteiger partial charge in [0, 0.05) is 50.7 Å². The number of fused-ring (bicyclic) bond motifs is 6. The normalized spacial score (nSPS) is 12.9. The number of hydrogen-bond donors (Lipinski definition) is 3. The maximum absolute atomic E-state index is 12.6. The molecule has 57 heavy (non-hydrogen) atoms. The van der Waals surface area contributed by atoms with E-state index in [0.29, 0.717) is 41.8 Å². The molecule has 4 aromatic heterocycles. The lowest BCUT2D eigenvalue weighted by atomic mass is 10.2. The van der Waals surface area contributed by atoms with Crippen LogP contribution < -0.4 is 30.3 Å². The van der Waals surface area contributed by atoms with Crippen LogP contribution in [0, 0.1) is 0 Å². The van der Waals surface area contributed by atoms with E-state index in [-0.39, 0.29) is 23.2 Å². The Morgan fingerprint density at radius 2 is 1.67 bits per heavy atom. The van der Waals surface area contributed by atoms with Crippen molar-refractivity contribution in [2.24, 2.45) is 0 Å². The van der Waals surface area contributed by atoms with Gasteiger partial charge in [0.2, 0.25) is 11.8 Å². The second kappa shape index (κ2) is 19.6. The van der Waals surface area contributed by atoms with E-state index in [9.17, 15) is 9.59 Å². The number of nitrogens with one attached hydrogen (secondary N) is 1. The largest absolute Gasteiger partial charge is 0.491 e. The Kier molecular flexibility index (Phi) is 13.7. The summed E-state index contributed by atoms with van der Waals surface area (Å²) >= 11 is 0. The molecule has 1 amide bonds. The Balaban J connectivity index is 0.000000193. The van der Waals surface area contributed by atoms with Gasteiger partial charge in [-0.25, -0.2) is 24.7 Å². The summed E-state index contributed by atoms with van der Waals surface area (Å²) in [5, 5.41) is 11.8. The lowest BCUT2D eigenvalue weighted by Gasteiger charge is -2.18. The summed E-state index contributed by atoms with van der Waals surface area (Å²) in [6.45, 7) is 2.94. The summed E-state index contributed by atoms with van der Waals surface area (Å²) in [6.07, 6.45) is 11.8. The minimum absolute atomic E-state index is 0.119. The lowest BCUT2D eigenvalue weighted by Crippen LogP contribution is -2.19. The molecule has 0 spiro atoms. The van der Waals surface area contributed by atoms with Gasteiger partial charge in [0.05, 0.1) is 24.6 Å². The predicted molar refractivity (Wildman–Crippen MR) is 217 cm³/mol. The molecule has 6 aromatic rings. The molecule has 0 fully saturated rings. The number of nitrogens with two attached hydrogens (primary N) is 1. The van der Waals surface area contributed by atoms with E-state index < -0.39 is 5.97 Å². The fourth-order valence-corrected chi connectivity index (χ4v) is 5.88. The predicted octanol–water partition coefficient (Wildman–Crippen LogP) is 7.69. The van der Waals surface area contributed by atoms with E-state index in [0.717, 1.165) is 80.8 Å². The van der Waals surface area contributed by atoms with E-state index in [4.69, 9.17) is 29.1 Å². The molecule has 7 rings (SSSR count). The standard InChI is InChI=1S/C21H24N4O4.C21H22N4O3/c1-25(11-5-2-6-12-28-18-8-4-3-7-16(18)22)19-13-15(9-10-23-19)20-24-17(14-29-20)21(26)27;1-25-11-5-2-6-12-27-18-8-4-3-7-16(18)23-20(26)17-14-28-21(24-17)15-9-10-22-19(25)13-15/h3-4,7-10,13-14H,2,5-6,11-12,22H2,1H3,(H,26,27);3-4,7-10,13-14H,2,5-6,11-12H2,1H3,(H,23,26). The number of pyridine rings is 2. The van der Waals surface area contributed by atoms with Gasteiger partial charge in [-0.15, -0.1) is 0 Å². The molecule has 5 heterocycles. The highest BCUT2D eigenvalue weighted by Crippen LogP contribution is 2.27. The Labute approximate surface area is 330 Å². The van der Waals surface area contributed by atoms with Crippen LogP contribution in [-0.2, 0) is 0 Å². The number of carboxylic acids is 1. The third-order valence-corrected chi connectivity index (χ3v) is 9.07. The zero-order chi connectivity index (χ0) is 40.0. The number of benzene rings is 2. The van der Waals surface area contributed by atoms with Gasteiger partial charge in [0.15, 0.2) is 11.4 Å². The fraction of sp³-hybridized carbons (Fsp3) is 0.286. The van der Waals surface area contributed by atoms with Gasteiger partial charge in [-0.05, 0) is 87.1 Å². The van der Waals surface area contributed by atoms with Gasteiger partial charge >= 0.3 is 5.97 Å². The number of aromatic nitrogens is 4. The van der Waals surface area contributed by atoms with Crippen LogP contribution in [0.5, 0.6) is 11.5 Å². The van der Waals surface area contributed by atoms with Crippen molar-refractivity contribution < 1.29 is 33.0 Å². The summed E-state index contributed by atoms with van der Waals surface area (Å²) in [4.78, 5) is 44.8. The van der Waals surface area contributed by atoms with Gasteiger partial charge in [-0.2, -0.15) is 0 Å². The molecule has 0 saturated heterocycles. The first-order chi connectivity index (χ1) is 27.7. The van der Waals surface area contributed by atoms with Crippen molar-refractivity contribution in [1.29, 1.82) is 0 Å². The number of carbonyl (C=O) groups excluding carboxylic acids is 1. The number of unbranched alkanes of at least 4 members (excludes halogenated alkanes) is 2. The number of para-hydroxylation sites is 4. The molecule has 2 aromatic carbocycles. The molecule has 0 unspecified atom stereocenters. The van der Waals surface area contributed by atoms with Gasteiger partial charge in [0.25, 0.3) is 5.91 Å². The molecule has 15 heteroatoms. The van der Waals surface area contributed by atoms with Crippen molar-refractivity contribution in [2.45, 2.75) is 38.5 Å². The number of nitrogen functional groups attached to an aromatic ring is 1. The Bertz CT molecular complexity index is 2240. The van der Waals surface area contributed by atoms with Crippen LogP contribution in [0.15, 0.2) is 107 Å². The zero-order valence-electron chi connectivity index (χ0n) is 32.0. The van der Waals surface area contributed by atoms with Crippen molar-refractivity contribution in [3.8, 4) is 34.4 Å². The van der Waals surface area contributed by atoms with Gasteiger partial charge in [-0.1, -0.05) is 24.3 Å². The molecule has 15 nitrogen and oxygen atoms in total. The number of aromatic carboxylic acids is 1. The quantitative estimate of drug-likeness (QED) is 0.0905. The minimum atomic E-state index is -1.12. The lowest BCUT2D eigenvalue weighted by molar-refractivity contribution is 0.0690. The van der Waals surface area contributed by atoms with Crippen LogP contribution in [0.25, 0.3) is 22.9 Å². The van der Waals surface area contributed by atoms with Crippen molar-refractivity contribution in [1.82, 2.24) is 19.9 Å². The number of carboxylic acid groups (broad SMARTS) is 1. The molecular weight excluding hydrogens is 729 g/mol. The SMILES string of the molecule is CN(CCCCCOc1ccccc1N)c1cc(-c2nc(C(=O)O)co2)ccn1.CN1CCCCCOc2ccccc2NC(=O)c2coc(n2)-c2ccnc1c2. The number of ether oxygens (including phenoxy) is 2. The topological polar surface area (TPSA) is 195 Å². The Morgan fingerprint density at radius 3 is 2.49 bits per heavy atom. The molecule has 296 valence electrons. The average molecular weight is 775 g/mol. The molecule has 4 bridgehead atoms. The van der Waals surface area contributed by atoms with E-state index in [1.54, 1.807) is 18.5 Å². The smallest absolute Gasteiger partial charge is 0.357 e. The molecule has 0 atom stereocenters. The zero-order valence-corrected chi connectivity index (χ0v) is 32.0. The van der Waals surface area contributed by atoms with E-state index >= 15 is 0 Å². The molecule has 0 aliphatic carbocycles. The second-order valence-corrected chi connectivity index (χ2v) is 13.3. The summed E-state index contributed by atoms with van der Waals surface area (Å²) in [5.41, 5.74) is 8.68. The first-order valence-corrected chi connectivity index (χ1v) is 18.7. The highest BCUT2D eigenvalue weighted by molar-refractivity contribution is 6.03. The first kappa shape index (κ1) is 39.8. The van der Waals surface area contributed by atoms with Crippen molar-refractivity contribution in [3.63, 3.8) is 0 Å². The van der Waals surface area contributed by atoms with Crippen LogP contribution in [0.1, 0.15) is 59.5 Å². The molecule has 1 aliphatic heterocycles. The van der Waals surface area contributed by atoms with Crippen molar-refractivity contribution in [3.05, 3.63) is 109 Å². The van der Waals surface area contributed by atoms with Crippen LogP contribution >= 0.6 is 0 Å². The second-order valence-electron chi connectivity index (χ2n) is 13.3. The van der Waals surface area contributed by atoms with Crippen LogP contribution in [0.4, 0.5) is 23.0 Å². The van der Waals surface area contributed by atoms with Crippen molar-refractivity contribution in [2.75, 3.05) is 61.2 Å². The molecule has 1 aliphatic rings. The summed E-state index contributed by atoms with van der Waals surface area (Å²) in [6, 6.07) is 22.2. The van der Waals surface area contributed by atoms with Crippen molar-refractivity contribution >= 4 is 34.9 Å². The van der Waals surface area contributed by atoms with E-state index in [2.05, 4.69) is 30.2 Å². The van der Waals surface area contributed by atoms with Gasteiger partial charge in [-0.3, -0.25) is 4.79 Å². The van der Waals surface area contributed by atoms with Gasteiger partial charge < -0.3 is 44.3 Å². The fourth-order valence-electron chi connectivity index (χ4n) is 5.88. The molecule has 0 saturated carbocycles. The van der Waals surface area contributed by atoms with Crippen LogP contribution in [0.3, 0.4) is 0 Å². The number of amides is 1. The molecule has 4 N–H and O–H groups in total. The number of oxazole rings is 2. The summed E-state index contributed by atoms with van der Waals surface area (Å²) in [5.74, 6) is 2.17. The van der Waals surface area contributed by atoms with E-state index in [1.807, 2.05) is 85.7 Å². The maximum atomic E-state index is 12.6. The highest BCUT2D eigenvalue weighted by Gasteiger charge is 2.17. The number of nitrogens with zero attached hydrogens (tertiary/aromatic N) is 6. The Morgan fingerprint density at radius 1 is 0.912 bits per heavy atom. The molecular formula is C42H46N8O7. The number of carbonyl (C=O) groups is 2. The highest BCUT2D eigenvalue weighted by atomic mass is 16.5. The summed E-state index contributed by atoms with van der Waals surface area (Å²) < 4.78 is 22.4. The van der Waals surface area contributed by atoms with Crippen LogP contribution in [0.2, 0.25) is 0 Å². The third-order valence-electron chi connectivity index (χ3n) is 9.07. The Hall–Kier alpha value is -6.90. The summed E-state index contributed by atoms with van der Waals surface area (Å²) in [7, 11) is 3.98. The van der Waals surface area contributed by atoms with E-state index in [1.165, 1.54) is 6.26 Å². The van der Waals surface area contributed by atoms with Gasteiger partial charge in [0.1, 0.15) is 35.7 Å². The minimum Gasteiger partial charge on any atom is -0.491 e. The first-order valence-electron chi connectivity index (χ1n) is 18.7. The number of rotatable bonds is 10. The maximum Gasteiger partial charge on any atom is 0.357 e. The van der Waals surface area contributed by atoms with Crippen LogP contribution in [-0.4, -0.2) is 77.3 Å². The monoisotopic (exact) mass is 774 g/mol. The number of hydrogen-bond acceptors (Lipinski definition) is 13. The molecule has 0 radical (unpaired) electrons. The third kappa shape index (κ3) is 11.1. The average Bonchev–Trinajstić information content (AvgIpc) is 3.94. The number of anilines is 4.